The molecule has 2 amide bonds. The summed E-state index contributed by atoms with van der Waals surface area (Å²) in [5.74, 6) is 0.618. The van der Waals surface area contributed by atoms with Crippen molar-refractivity contribution < 1.29 is 14.4 Å². The third kappa shape index (κ3) is 13.6. The van der Waals surface area contributed by atoms with Crippen LogP contribution in [0.15, 0.2) is 0 Å². The summed E-state index contributed by atoms with van der Waals surface area (Å²) in [7, 11) is 0. The second-order valence-electron chi connectivity index (χ2n) is 8.10. The number of hydrogen-bond donors (Lipinski definition) is 2. The lowest BCUT2D eigenvalue weighted by Crippen LogP contribution is -2.35. The van der Waals surface area contributed by atoms with Crippen LogP contribution in [-0.4, -0.2) is 30.7 Å². The van der Waals surface area contributed by atoms with Gasteiger partial charge in [-0.05, 0) is 25.7 Å². The predicted molar refractivity (Wildman–Crippen MR) is 102 cm³/mol. The first-order valence-corrected chi connectivity index (χ1v) is 9.72. The molecule has 5 nitrogen and oxygen atoms in total. The summed E-state index contributed by atoms with van der Waals surface area (Å²) in [6.07, 6.45) is 6.77. The minimum Gasteiger partial charge on any atom is -0.356 e. The maximum absolute atomic E-state index is 11.7. The number of ketones is 1. The van der Waals surface area contributed by atoms with Crippen LogP contribution in [0.5, 0.6) is 0 Å². The zero-order valence-corrected chi connectivity index (χ0v) is 16.9. The third-order valence-electron chi connectivity index (χ3n) is 4.11. The van der Waals surface area contributed by atoms with Crippen molar-refractivity contribution >= 4 is 17.6 Å². The Hall–Kier alpha value is -1.39. The Morgan fingerprint density at radius 1 is 0.760 bits per heavy atom. The molecule has 0 aromatic carbocycles. The van der Waals surface area contributed by atoms with Crippen LogP contribution in [0.4, 0.5) is 0 Å². The lowest BCUT2D eigenvalue weighted by molar-refractivity contribution is -0.128. The Kier molecular flexibility index (Phi) is 12.2. The van der Waals surface area contributed by atoms with Gasteiger partial charge in [0, 0.05) is 37.3 Å². The van der Waals surface area contributed by atoms with Gasteiger partial charge in [0.2, 0.25) is 11.8 Å². The van der Waals surface area contributed by atoms with Gasteiger partial charge >= 0.3 is 0 Å². The molecule has 0 bridgehead atoms. The summed E-state index contributed by atoms with van der Waals surface area (Å²) in [5.41, 5.74) is -0.351. The van der Waals surface area contributed by atoms with Gasteiger partial charge in [0.15, 0.2) is 0 Å². The Morgan fingerprint density at radius 3 is 1.80 bits per heavy atom. The van der Waals surface area contributed by atoms with Gasteiger partial charge < -0.3 is 10.6 Å². The summed E-state index contributed by atoms with van der Waals surface area (Å²) in [6.45, 7) is 10.9. The van der Waals surface area contributed by atoms with E-state index in [1.165, 1.54) is 0 Å². The highest BCUT2D eigenvalue weighted by molar-refractivity contribution is 5.81. The molecule has 0 aromatic heterocycles. The molecule has 0 spiro atoms. The van der Waals surface area contributed by atoms with Crippen molar-refractivity contribution in [3.63, 3.8) is 0 Å². The number of rotatable bonds is 13. The Balaban J connectivity index is 3.45. The minimum atomic E-state index is -0.351. The second-order valence-corrected chi connectivity index (χ2v) is 8.10. The molecule has 0 rings (SSSR count). The van der Waals surface area contributed by atoms with E-state index < -0.39 is 0 Å². The third-order valence-corrected chi connectivity index (χ3v) is 4.11. The second kappa shape index (κ2) is 12.9. The molecule has 0 aliphatic rings. The van der Waals surface area contributed by atoms with Crippen LogP contribution >= 0.6 is 0 Å². The van der Waals surface area contributed by atoms with Crippen LogP contribution in [0.2, 0.25) is 0 Å². The molecular formula is C20H38N2O3. The maximum Gasteiger partial charge on any atom is 0.225 e. The van der Waals surface area contributed by atoms with Crippen molar-refractivity contribution in [2.75, 3.05) is 13.1 Å². The van der Waals surface area contributed by atoms with E-state index in [-0.39, 0.29) is 23.1 Å². The van der Waals surface area contributed by atoms with Crippen LogP contribution in [0.25, 0.3) is 0 Å². The number of carbonyl (C=O) groups excluding carboxylic acids is 3. The summed E-state index contributed by atoms with van der Waals surface area (Å²) in [5, 5.41) is 5.82. The first kappa shape index (κ1) is 23.6. The van der Waals surface area contributed by atoms with E-state index in [1.807, 2.05) is 34.6 Å². The largest absolute Gasteiger partial charge is 0.356 e. The first-order valence-electron chi connectivity index (χ1n) is 9.72. The molecule has 146 valence electrons. The first-order chi connectivity index (χ1) is 11.6. The predicted octanol–water partition coefficient (Wildman–Crippen LogP) is 3.61. The highest BCUT2D eigenvalue weighted by Gasteiger charge is 2.20. The standard InChI is InChI=1S/C20H38N2O3/c1-16(2)17(23)12-8-6-7-9-13-18(24)21-14-10-11-15-22-19(25)20(3,4)5/h16H,6-15H2,1-5H3,(H,21,24)(H,22,25). The zero-order chi connectivity index (χ0) is 19.3. The topological polar surface area (TPSA) is 75.3 Å². The van der Waals surface area contributed by atoms with Gasteiger partial charge in [-0.2, -0.15) is 0 Å². The fourth-order valence-corrected chi connectivity index (χ4v) is 2.26. The monoisotopic (exact) mass is 354 g/mol. The van der Waals surface area contributed by atoms with Crippen LogP contribution in [0.3, 0.4) is 0 Å². The van der Waals surface area contributed by atoms with E-state index in [9.17, 15) is 14.4 Å². The van der Waals surface area contributed by atoms with Crippen LogP contribution in [0, 0.1) is 11.3 Å². The maximum atomic E-state index is 11.7. The molecular weight excluding hydrogens is 316 g/mol. The number of amides is 2. The Bertz CT molecular complexity index is 412. The van der Waals surface area contributed by atoms with Gasteiger partial charge in [0.05, 0.1) is 0 Å². The molecule has 25 heavy (non-hydrogen) atoms. The smallest absolute Gasteiger partial charge is 0.225 e. The van der Waals surface area contributed by atoms with Crippen molar-refractivity contribution in [2.45, 2.75) is 86.0 Å². The molecule has 0 heterocycles. The Morgan fingerprint density at radius 2 is 1.28 bits per heavy atom. The van der Waals surface area contributed by atoms with E-state index in [0.717, 1.165) is 38.5 Å². The van der Waals surface area contributed by atoms with E-state index in [2.05, 4.69) is 10.6 Å². The zero-order valence-electron chi connectivity index (χ0n) is 16.9. The molecule has 0 aliphatic carbocycles. The van der Waals surface area contributed by atoms with Crippen molar-refractivity contribution in [1.82, 2.24) is 10.6 Å². The quantitative estimate of drug-likeness (QED) is 0.496. The van der Waals surface area contributed by atoms with Gasteiger partial charge in [-0.3, -0.25) is 14.4 Å². The summed E-state index contributed by atoms with van der Waals surface area (Å²) in [4.78, 5) is 34.9. The van der Waals surface area contributed by atoms with E-state index in [0.29, 0.717) is 31.7 Å². The average molecular weight is 355 g/mol. The van der Waals surface area contributed by atoms with Gasteiger partial charge in [-0.15, -0.1) is 0 Å². The van der Waals surface area contributed by atoms with Gasteiger partial charge in [-0.1, -0.05) is 47.5 Å². The number of Topliss-reactive ketones (excluding diaryl/α,β-unsaturated/α-hetero) is 1. The van der Waals surface area contributed by atoms with Crippen molar-refractivity contribution in [1.29, 1.82) is 0 Å². The normalized spacial score (nSPS) is 11.4. The molecule has 0 fully saturated rings. The molecule has 0 radical (unpaired) electrons. The molecule has 0 saturated heterocycles. The Labute approximate surface area is 153 Å². The van der Waals surface area contributed by atoms with E-state index in [4.69, 9.17) is 0 Å². The fraction of sp³-hybridized carbons (Fsp3) is 0.850. The lowest BCUT2D eigenvalue weighted by Gasteiger charge is -2.17. The van der Waals surface area contributed by atoms with Crippen LogP contribution in [-0.2, 0) is 14.4 Å². The van der Waals surface area contributed by atoms with Gasteiger partial charge in [0.25, 0.3) is 0 Å². The van der Waals surface area contributed by atoms with Crippen molar-refractivity contribution in [3.05, 3.63) is 0 Å². The fourth-order valence-electron chi connectivity index (χ4n) is 2.26. The molecule has 0 aromatic rings. The van der Waals surface area contributed by atoms with Crippen molar-refractivity contribution in [2.24, 2.45) is 11.3 Å². The van der Waals surface area contributed by atoms with Gasteiger partial charge in [-0.25, -0.2) is 0 Å². The minimum absolute atomic E-state index is 0.0617. The highest BCUT2D eigenvalue weighted by atomic mass is 16.2. The van der Waals surface area contributed by atoms with E-state index >= 15 is 0 Å². The summed E-state index contributed by atoms with van der Waals surface area (Å²) in [6, 6.07) is 0. The SMILES string of the molecule is CC(C)C(=O)CCCCCCC(=O)NCCCCNC(=O)C(C)(C)C. The number of hydrogen-bond acceptors (Lipinski definition) is 3. The van der Waals surface area contributed by atoms with Crippen LogP contribution < -0.4 is 10.6 Å². The summed E-state index contributed by atoms with van der Waals surface area (Å²) >= 11 is 0. The molecule has 0 saturated carbocycles. The molecule has 0 aliphatic heterocycles. The highest BCUT2D eigenvalue weighted by Crippen LogP contribution is 2.12. The molecule has 0 unspecified atom stereocenters. The number of unbranched alkanes of at least 4 members (excludes halogenated alkanes) is 4. The van der Waals surface area contributed by atoms with Gasteiger partial charge in [0.1, 0.15) is 5.78 Å². The average Bonchev–Trinajstić information content (AvgIpc) is 2.52. The summed E-state index contributed by atoms with van der Waals surface area (Å²) < 4.78 is 0. The molecule has 0 atom stereocenters. The lowest BCUT2D eigenvalue weighted by atomic mass is 9.96. The number of carbonyl (C=O) groups is 3. The van der Waals surface area contributed by atoms with Crippen LogP contribution in [0.1, 0.15) is 86.0 Å². The number of nitrogens with one attached hydrogen (secondary N) is 2. The molecule has 2 N–H and O–H groups in total. The van der Waals surface area contributed by atoms with E-state index in [1.54, 1.807) is 0 Å². The van der Waals surface area contributed by atoms with Crippen molar-refractivity contribution in [3.8, 4) is 0 Å². The molecule has 5 heteroatoms.